The predicted molar refractivity (Wildman–Crippen MR) is 126 cm³/mol. The van der Waals surface area contributed by atoms with E-state index < -0.39 is 10.0 Å². The summed E-state index contributed by atoms with van der Waals surface area (Å²) in [5, 5.41) is 9.26. The fourth-order valence-electron chi connectivity index (χ4n) is 4.48. The van der Waals surface area contributed by atoms with Crippen molar-refractivity contribution in [3.8, 4) is 11.3 Å². The average molecular weight is 470 g/mol. The van der Waals surface area contributed by atoms with Crippen LogP contribution in [0.2, 0.25) is 0 Å². The zero-order valence-electron chi connectivity index (χ0n) is 18.5. The highest BCUT2D eigenvalue weighted by Gasteiger charge is 2.50. The van der Waals surface area contributed by atoms with Crippen LogP contribution in [0.4, 0.5) is 0 Å². The van der Waals surface area contributed by atoms with Gasteiger partial charge < -0.3 is 4.57 Å². The van der Waals surface area contributed by atoms with Crippen molar-refractivity contribution in [1.82, 2.24) is 24.5 Å². The minimum absolute atomic E-state index is 0.114. The van der Waals surface area contributed by atoms with E-state index in [1.807, 2.05) is 18.0 Å². The van der Waals surface area contributed by atoms with Gasteiger partial charge in [0.1, 0.15) is 11.6 Å². The maximum absolute atomic E-state index is 12.0. The van der Waals surface area contributed by atoms with Crippen LogP contribution < -0.4 is 4.72 Å². The van der Waals surface area contributed by atoms with Gasteiger partial charge >= 0.3 is 0 Å². The van der Waals surface area contributed by atoms with E-state index in [9.17, 15) is 8.42 Å². The van der Waals surface area contributed by atoms with Gasteiger partial charge in [0, 0.05) is 35.2 Å². The predicted octanol–water partition coefficient (Wildman–Crippen LogP) is 3.40. The molecule has 1 aliphatic carbocycles. The molecule has 3 aromatic rings. The summed E-state index contributed by atoms with van der Waals surface area (Å²) in [7, 11) is -2.05. The highest BCUT2D eigenvalue weighted by atomic mass is 32.2. The molecule has 0 radical (unpaired) electrons. The first-order chi connectivity index (χ1) is 15.2. The van der Waals surface area contributed by atoms with E-state index in [2.05, 4.69) is 50.5 Å². The van der Waals surface area contributed by atoms with Crippen LogP contribution >= 0.6 is 11.8 Å². The van der Waals surface area contributed by atoms with Crippen molar-refractivity contribution in [2.24, 2.45) is 0 Å². The van der Waals surface area contributed by atoms with Gasteiger partial charge in [-0.05, 0) is 49.7 Å². The Kier molecular flexibility index (Phi) is 5.18. The van der Waals surface area contributed by atoms with Gasteiger partial charge in [0.15, 0.2) is 0 Å². The normalized spacial score (nSPS) is 19.2. The summed E-state index contributed by atoms with van der Waals surface area (Å²) >= 11 is 2.00. The van der Waals surface area contributed by atoms with E-state index in [-0.39, 0.29) is 15.1 Å². The third kappa shape index (κ3) is 3.76. The lowest BCUT2D eigenvalue weighted by Crippen LogP contribution is -2.20. The maximum atomic E-state index is 12.0. The Morgan fingerprint density at radius 1 is 1.09 bits per heavy atom. The lowest BCUT2D eigenvalue weighted by atomic mass is 9.94. The lowest BCUT2D eigenvalue weighted by molar-refractivity contribution is 0.588. The summed E-state index contributed by atoms with van der Waals surface area (Å²) in [6, 6.07) is 11.0. The number of nitrogens with zero attached hydrogens (tertiary/aromatic N) is 4. The molecule has 7 nitrogen and oxygen atoms in total. The molecule has 2 aliphatic rings. The van der Waals surface area contributed by atoms with Crippen LogP contribution in [0.25, 0.3) is 11.3 Å². The minimum atomic E-state index is -3.46. The third-order valence-corrected chi connectivity index (χ3v) is 9.18. The fraction of sp³-hybridized carbons (Fsp3) is 0.435. The van der Waals surface area contributed by atoms with Gasteiger partial charge in [0.2, 0.25) is 10.0 Å². The van der Waals surface area contributed by atoms with Crippen LogP contribution in [0.3, 0.4) is 0 Å². The van der Waals surface area contributed by atoms with E-state index in [0.717, 1.165) is 54.5 Å². The number of rotatable bonds is 5. The molecular weight excluding hydrogens is 442 g/mol. The highest BCUT2D eigenvalue weighted by Crippen LogP contribution is 2.53. The molecule has 0 spiro atoms. The van der Waals surface area contributed by atoms with Gasteiger partial charge in [0.05, 0.1) is 16.0 Å². The zero-order valence-corrected chi connectivity index (χ0v) is 20.1. The van der Waals surface area contributed by atoms with Gasteiger partial charge in [-0.15, -0.1) is 10.2 Å². The molecule has 1 aliphatic heterocycles. The molecule has 2 aromatic heterocycles. The molecule has 0 saturated heterocycles. The number of hydrogen-bond acceptors (Lipinski definition) is 6. The second-order valence-corrected chi connectivity index (χ2v) is 12.8. The van der Waals surface area contributed by atoms with Crippen LogP contribution in [0.15, 0.2) is 47.5 Å². The number of hydrogen-bond donors (Lipinski definition) is 1. The number of thioether (sulfide) groups is 1. The van der Waals surface area contributed by atoms with Gasteiger partial charge in [-0.1, -0.05) is 26.0 Å². The molecule has 0 atom stereocenters. The molecule has 0 bridgehead atoms. The summed E-state index contributed by atoms with van der Waals surface area (Å²) in [4.78, 5) is 4.80. The summed E-state index contributed by atoms with van der Waals surface area (Å²) in [6.45, 7) is 5.49. The molecule has 0 unspecified atom stereocenters. The van der Waals surface area contributed by atoms with Crippen molar-refractivity contribution in [3.05, 3.63) is 59.8 Å². The first-order valence-electron chi connectivity index (χ1n) is 10.8. The maximum Gasteiger partial charge on any atom is 0.240 e. The number of sulfonamides is 1. The third-order valence-electron chi connectivity index (χ3n) is 6.44. The first kappa shape index (κ1) is 21.6. The number of aromatic nitrogens is 4. The number of fused-ring (bicyclic) bond motifs is 1. The van der Waals surface area contributed by atoms with Crippen molar-refractivity contribution < 1.29 is 8.42 Å². The minimum Gasteiger partial charge on any atom is -0.313 e. The van der Waals surface area contributed by atoms with Crippen LogP contribution in [0.1, 0.15) is 43.9 Å². The van der Waals surface area contributed by atoms with E-state index >= 15 is 0 Å². The average Bonchev–Trinajstić information content (AvgIpc) is 3.53. The molecule has 1 saturated carbocycles. The van der Waals surface area contributed by atoms with E-state index in [1.54, 1.807) is 24.3 Å². The lowest BCUT2D eigenvalue weighted by Gasteiger charge is -2.19. The second kappa shape index (κ2) is 7.67. The van der Waals surface area contributed by atoms with Crippen LogP contribution in [-0.2, 0) is 28.4 Å². The Morgan fingerprint density at radius 2 is 1.84 bits per heavy atom. The van der Waals surface area contributed by atoms with Crippen molar-refractivity contribution in [2.45, 2.75) is 54.7 Å². The van der Waals surface area contributed by atoms with Crippen molar-refractivity contribution in [2.75, 3.05) is 12.8 Å². The van der Waals surface area contributed by atoms with Gasteiger partial charge in [-0.3, -0.25) is 4.98 Å². The Hall–Kier alpha value is -2.23. The van der Waals surface area contributed by atoms with Gasteiger partial charge in [-0.2, -0.15) is 11.8 Å². The molecule has 1 aromatic carbocycles. The molecule has 32 heavy (non-hydrogen) atoms. The summed E-state index contributed by atoms with van der Waals surface area (Å²) < 4.78 is 28.9. The topological polar surface area (TPSA) is 89.8 Å². The Morgan fingerprint density at radius 3 is 2.53 bits per heavy atom. The number of pyridine rings is 1. The molecule has 1 N–H and O–H groups in total. The number of benzene rings is 1. The van der Waals surface area contributed by atoms with Crippen LogP contribution in [0, 0.1) is 0 Å². The van der Waals surface area contributed by atoms with E-state index in [1.165, 1.54) is 12.6 Å². The van der Waals surface area contributed by atoms with Crippen molar-refractivity contribution in [3.63, 3.8) is 0 Å². The molecule has 0 amide bonds. The molecule has 5 rings (SSSR count). The van der Waals surface area contributed by atoms with Crippen LogP contribution in [-0.4, -0.2) is 45.7 Å². The molecule has 1 fully saturated rings. The van der Waals surface area contributed by atoms with Gasteiger partial charge in [0.25, 0.3) is 0 Å². The Balaban J connectivity index is 1.49. The quantitative estimate of drug-likeness (QED) is 0.616. The SMILES string of the molecule is CNS(=O)(=O)c1ccc(-c2cc(C3(c4nnc5n4CCSC(C)(C)C5)CC3)ccn2)cc1. The molecule has 3 heterocycles. The molecule has 9 heteroatoms. The van der Waals surface area contributed by atoms with E-state index in [4.69, 9.17) is 0 Å². The largest absolute Gasteiger partial charge is 0.313 e. The molecular formula is C23H27N5O2S2. The Bertz CT molecular complexity index is 1260. The smallest absolute Gasteiger partial charge is 0.240 e. The number of nitrogens with one attached hydrogen (secondary N) is 1. The zero-order chi connectivity index (χ0) is 22.6. The summed E-state index contributed by atoms with van der Waals surface area (Å²) in [5.41, 5.74) is 2.79. The summed E-state index contributed by atoms with van der Waals surface area (Å²) in [6.07, 6.45) is 4.85. The highest BCUT2D eigenvalue weighted by molar-refractivity contribution is 8.00. The van der Waals surface area contributed by atoms with Gasteiger partial charge in [-0.25, -0.2) is 13.1 Å². The molecule has 168 valence electrons. The first-order valence-corrected chi connectivity index (χ1v) is 13.3. The Labute approximate surface area is 193 Å². The fourth-order valence-corrected chi connectivity index (χ4v) is 6.26. The summed E-state index contributed by atoms with van der Waals surface area (Å²) in [5.74, 6) is 3.21. The standard InChI is InChI=1S/C23H27N5O2S2/c1-22(2)15-20-26-27-21(28(20)12-13-31-22)23(9-10-23)17-8-11-25-19(14-17)16-4-6-18(7-5-16)32(29,30)24-3/h4-8,11,14,24H,9-10,12-13,15H2,1-3H3. The van der Waals surface area contributed by atoms with Crippen molar-refractivity contribution >= 4 is 21.8 Å². The second-order valence-electron chi connectivity index (χ2n) is 9.12. The monoisotopic (exact) mass is 469 g/mol. The van der Waals surface area contributed by atoms with E-state index in [0.29, 0.717) is 0 Å². The van der Waals surface area contributed by atoms with Crippen LogP contribution in [0.5, 0.6) is 0 Å². The van der Waals surface area contributed by atoms with Crippen molar-refractivity contribution in [1.29, 1.82) is 0 Å².